The monoisotopic (exact) mass is 279 g/mol. The summed E-state index contributed by atoms with van der Waals surface area (Å²) in [4.78, 5) is 20.7. The summed E-state index contributed by atoms with van der Waals surface area (Å²) in [6.45, 7) is 0. The van der Waals surface area contributed by atoms with Gasteiger partial charge in [-0.15, -0.1) is 0 Å². The maximum atomic E-state index is 13.0. The van der Waals surface area contributed by atoms with Crippen molar-refractivity contribution in [2.75, 3.05) is 0 Å². The van der Waals surface area contributed by atoms with E-state index in [4.69, 9.17) is 4.74 Å². The van der Waals surface area contributed by atoms with E-state index in [1.807, 2.05) is 0 Å². The van der Waals surface area contributed by atoms with Gasteiger partial charge in [0.15, 0.2) is 6.29 Å². The molecule has 0 saturated heterocycles. The maximum absolute atomic E-state index is 13.0. The van der Waals surface area contributed by atoms with Gasteiger partial charge in [-0.05, 0) is 12.1 Å². The SMILES string of the molecule is O=Cc1cc(Oc2cc(F)cc(F)c2)ccc1[N+](=O)[O-]. The molecule has 0 amide bonds. The third-order valence-electron chi connectivity index (χ3n) is 2.39. The Labute approximate surface area is 111 Å². The number of nitro benzene ring substituents is 1. The molecular formula is C13H7F2NO4. The molecule has 102 valence electrons. The lowest BCUT2D eigenvalue weighted by Crippen LogP contribution is -1.95. The largest absolute Gasteiger partial charge is 0.457 e. The quantitative estimate of drug-likeness (QED) is 0.488. The van der Waals surface area contributed by atoms with E-state index in [1.54, 1.807) is 0 Å². The number of aldehydes is 1. The van der Waals surface area contributed by atoms with E-state index >= 15 is 0 Å². The van der Waals surface area contributed by atoms with Crippen molar-refractivity contribution in [3.8, 4) is 11.5 Å². The molecule has 5 nitrogen and oxygen atoms in total. The van der Waals surface area contributed by atoms with Crippen LogP contribution >= 0.6 is 0 Å². The molecule has 0 aliphatic rings. The molecule has 20 heavy (non-hydrogen) atoms. The van der Waals surface area contributed by atoms with Crippen LogP contribution in [-0.4, -0.2) is 11.2 Å². The summed E-state index contributed by atoms with van der Waals surface area (Å²) >= 11 is 0. The van der Waals surface area contributed by atoms with Gasteiger partial charge in [0.05, 0.1) is 10.5 Å². The summed E-state index contributed by atoms with van der Waals surface area (Å²) in [5.74, 6) is -1.70. The Morgan fingerprint density at radius 2 is 1.70 bits per heavy atom. The van der Waals surface area contributed by atoms with Crippen molar-refractivity contribution in [2.24, 2.45) is 0 Å². The summed E-state index contributed by atoms with van der Waals surface area (Å²) in [5, 5.41) is 10.6. The van der Waals surface area contributed by atoms with Crippen LogP contribution in [0.2, 0.25) is 0 Å². The highest BCUT2D eigenvalue weighted by Crippen LogP contribution is 2.27. The van der Waals surface area contributed by atoms with Crippen LogP contribution in [0.15, 0.2) is 36.4 Å². The second kappa shape index (κ2) is 5.43. The minimum Gasteiger partial charge on any atom is -0.457 e. The van der Waals surface area contributed by atoms with E-state index < -0.39 is 16.6 Å². The molecule has 0 aromatic heterocycles. The lowest BCUT2D eigenvalue weighted by molar-refractivity contribution is -0.385. The van der Waals surface area contributed by atoms with Gasteiger partial charge in [-0.3, -0.25) is 14.9 Å². The van der Waals surface area contributed by atoms with Crippen molar-refractivity contribution in [3.05, 3.63) is 63.7 Å². The minimum absolute atomic E-state index is 0.0581. The summed E-state index contributed by atoms with van der Waals surface area (Å²) in [5.41, 5.74) is -0.567. The highest BCUT2D eigenvalue weighted by Gasteiger charge is 2.14. The van der Waals surface area contributed by atoms with Crippen LogP contribution in [0.4, 0.5) is 14.5 Å². The summed E-state index contributed by atoms with van der Waals surface area (Å²) < 4.78 is 31.1. The number of nitrogens with zero attached hydrogens (tertiary/aromatic N) is 1. The highest BCUT2D eigenvalue weighted by molar-refractivity contribution is 5.82. The standard InChI is InChI=1S/C13H7F2NO4/c14-9-4-10(15)6-12(5-9)20-11-1-2-13(16(18)19)8(3-11)7-17/h1-7H. The molecule has 0 atom stereocenters. The maximum Gasteiger partial charge on any atom is 0.280 e. The Bertz CT molecular complexity index is 668. The van der Waals surface area contributed by atoms with Gasteiger partial charge in [-0.1, -0.05) is 0 Å². The van der Waals surface area contributed by atoms with Gasteiger partial charge >= 0.3 is 0 Å². The van der Waals surface area contributed by atoms with Crippen molar-refractivity contribution in [2.45, 2.75) is 0 Å². The molecule has 0 aliphatic carbocycles. The molecule has 0 heterocycles. The second-order valence-electron chi connectivity index (χ2n) is 3.80. The number of ether oxygens (including phenoxy) is 1. The van der Waals surface area contributed by atoms with Crippen molar-refractivity contribution in [1.82, 2.24) is 0 Å². The van der Waals surface area contributed by atoms with E-state index in [1.165, 1.54) is 6.07 Å². The van der Waals surface area contributed by atoms with Crippen molar-refractivity contribution < 1.29 is 23.2 Å². The van der Waals surface area contributed by atoms with Crippen molar-refractivity contribution in [1.29, 1.82) is 0 Å². The number of carbonyl (C=O) groups is 1. The second-order valence-corrected chi connectivity index (χ2v) is 3.80. The number of rotatable bonds is 4. The third-order valence-corrected chi connectivity index (χ3v) is 2.39. The smallest absolute Gasteiger partial charge is 0.280 e. The van der Waals surface area contributed by atoms with Crippen molar-refractivity contribution in [3.63, 3.8) is 0 Å². The molecule has 0 saturated carbocycles. The van der Waals surface area contributed by atoms with Crippen LogP contribution in [0.25, 0.3) is 0 Å². The van der Waals surface area contributed by atoms with Gasteiger partial charge in [-0.25, -0.2) is 8.78 Å². The van der Waals surface area contributed by atoms with Gasteiger partial charge in [0.1, 0.15) is 23.1 Å². The lowest BCUT2D eigenvalue weighted by atomic mass is 10.2. The Morgan fingerprint density at radius 1 is 1.05 bits per heavy atom. The summed E-state index contributed by atoms with van der Waals surface area (Å²) in [6, 6.07) is 6.01. The van der Waals surface area contributed by atoms with Gasteiger partial charge in [0, 0.05) is 24.3 Å². The first-order valence-electron chi connectivity index (χ1n) is 5.37. The predicted octanol–water partition coefficient (Wildman–Crippen LogP) is 3.48. The molecule has 0 bridgehead atoms. The fraction of sp³-hybridized carbons (Fsp3) is 0. The zero-order valence-corrected chi connectivity index (χ0v) is 9.88. The molecule has 0 N–H and O–H groups in total. The molecule has 0 spiro atoms. The van der Waals surface area contributed by atoms with E-state index in [-0.39, 0.29) is 22.7 Å². The first-order chi connectivity index (χ1) is 9.49. The molecule has 2 rings (SSSR count). The fourth-order valence-corrected chi connectivity index (χ4v) is 1.58. The van der Waals surface area contributed by atoms with Gasteiger partial charge in [0.2, 0.25) is 0 Å². The predicted molar refractivity (Wildman–Crippen MR) is 64.9 cm³/mol. The molecule has 0 radical (unpaired) electrons. The van der Waals surface area contributed by atoms with E-state index in [2.05, 4.69) is 0 Å². The first kappa shape index (κ1) is 13.6. The highest BCUT2D eigenvalue weighted by atomic mass is 19.1. The normalized spacial score (nSPS) is 10.1. The van der Waals surface area contributed by atoms with E-state index in [0.29, 0.717) is 12.4 Å². The van der Waals surface area contributed by atoms with E-state index in [9.17, 15) is 23.7 Å². The minimum atomic E-state index is -0.822. The van der Waals surface area contributed by atoms with Crippen LogP contribution in [0.5, 0.6) is 11.5 Å². The lowest BCUT2D eigenvalue weighted by Gasteiger charge is -2.06. The number of hydrogen-bond donors (Lipinski definition) is 0. The number of hydrogen-bond acceptors (Lipinski definition) is 4. The fourth-order valence-electron chi connectivity index (χ4n) is 1.58. The van der Waals surface area contributed by atoms with Crippen LogP contribution in [0.3, 0.4) is 0 Å². The Morgan fingerprint density at radius 3 is 2.25 bits per heavy atom. The molecule has 0 fully saturated rings. The molecule has 7 heteroatoms. The summed E-state index contributed by atoms with van der Waals surface area (Å²) in [6.07, 6.45) is 0.303. The van der Waals surface area contributed by atoms with Crippen LogP contribution in [0, 0.1) is 21.7 Å². The zero-order chi connectivity index (χ0) is 14.7. The zero-order valence-electron chi connectivity index (χ0n) is 9.88. The molecule has 2 aromatic rings. The average molecular weight is 279 g/mol. The van der Waals surface area contributed by atoms with E-state index in [0.717, 1.165) is 24.3 Å². The summed E-state index contributed by atoms with van der Waals surface area (Å²) in [7, 11) is 0. The van der Waals surface area contributed by atoms with Crippen LogP contribution in [0.1, 0.15) is 10.4 Å². The Hall–Kier alpha value is -2.83. The third kappa shape index (κ3) is 2.94. The molecule has 0 aliphatic heterocycles. The number of benzene rings is 2. The van der Waals surface area contributed by atoms with Crippen molar-refractivity contribution >= 4 is 12.0 Å². The first-order valence-corrected chi connectivity index (χ1v) is 5.37. The van der Waals surface area contributed by atoms with Crippen LogP contribution < -0.4 is 4.74 Å². The van der Waals surface area contributed by atoms with Gasteiger partial charge in [-0.2, -0.15) is 0 Å². The van der Waals surface area contributed by atoms with Gasteiger partial charge < -0.3 is 4.74 Å². The van der Waals surface area contributed by atoms with Crippen LogP contribution in [-0.2, 0) is 0 Å². The molecular weight excluding hydrogens is 272 g/mol. The average Bonchev–Trinajstić information content (AvgIpc) is 2.37. The molecule has 0 unspecified atom stereocenters. The van der Waals surface area contributed by atoms with Gasteiger partial charge in [0.25, 0.3) is 5.69 Å². The topological polar surface area (TPSA) is 69.4 Å². The number of halogens is 2. The number of nitro groups is 1. The Kier molecular flexibility index (Phi) is 3.69. The molecule has 2 aromatic carbocycles. The Balaban J connectivity index is 2.34. The number of carbonyl (C=O) groups excluding carboxylic acids is 1.